The predicted octanol–water partition coefficient (Wildman–Crippen LogP) is 3.96. The molecular formula is C19H19ClFN3O. The van der Waals surface area contributed by atoms with Crippen LogP contribution in [0.15, 0.2) is 47.3 Å². The number of benzene rings is 2. The maximum absolute atomic E-state index is 13.4. The molecule has 25 heavy (non-hydrogen) atoms. The zero-order valence-electron chi connectivity index (χ0n) is 13.7. The van der Waals surface area contributed by atoms with Crippen molar-refractivity contribution >= 4 is 22.6 Å². The predicted molar refractivity (Wildman–Crippen MR) is 97.5 cm³/mol. The standard InChI is InChI=1S/C19H19ClFN3O/c20-16-4-2-1-3-13(16)12-23-9-7-15(8-10-23)24-18-6-5-14(21)11-17(18)22-19(24)25/h1-6,11,15H,7-10,12H2,(H,22,25). The van der Waals surface area contributed by atoms with Gasteiger partial charge in [-0.25, -0.2) is 9.18 Å². The summed E-state index contributed by atoms with van der Waals surface area (Å²) in [7, 11) is 0. The minimum atomic E-state index is -0.338. The van der Waals surface area contributed by atoms with Crippen molar-refractivity contribution in [2.45, 2.75) is 25.4 Å². The third-order valence-electron chi connectivity index (χ3n) is 4.95. The minimum absolute atomic E-state index is 0.134. The molecule has 0 unspecified atom stereocenters. The number of nitrogens with one attached hydrogen (secondary N) is 1. The van der Waals surface area contributed by atoms with E-state index in [4.69, 9.17) is 11.6 Å². The average molecular weight is 360 g/mol. The van der Waals surface area contributed by atoms with Gasteiger partial charge in [0, 0.05) is 30.7 Å². The molecule has 130 valence electrons. The monoisotopic (exact) mass is 359 g/mol. The van der Waals surface area contributed by atoms with Gasteiger partial charge in [0.15, 0.2) is 0 Å². The van der Waals surface area contributed by atoms with Crippen LogP contribution in [0.3, 0.4) is 0 Å². The van der Waals surface area contributed by atoms with Crippen LogP contribution in [-0.2, 0) is 6.54 Å². The minimum Gasteiger partial charge on any atom is -0.305 e. The molecule has 1 aromatic heterocycles. The normalized spacial score (nSPS) is 16.6. The molecule has 2 heterocycles. The zero-order chi connectivity index (χ0) is 17.4. The number of fused-ring (bicyclic) bond motifs is 1. The lowest BCUT2D eigenvalue weighted by Gasteiger charge is -2.32. The number of aromatic amines is 1. The Hall–Kier alpha value is -2.11. The van der Waals surface area contributed by atoms with Crippen LogP contribution < -0.4 is 5.69 Å². The molecule has 0 bridgehead atoms. The largest absolute Gasteiger partial charge is 0.326 e. The Labute approximate surface area is 149 Å². The number of hydrogen-bond donors (Lipinski definition) is 1. The van der Waals surface area contributed by atoms with Crippen molar-refractivity contribution in [1.82, 2.24) is 14.5 Å². The van der Waals surface area contributed by atoms with E-state index >= 15 is 0 Å². The molecule has 0 aliphatic carbocycles. The number of hydrogen-bond acceptors (Lipinski definition) is 2. The van der Waals surface area contributed by atoms with Crippen molar-refractivity contribution in [2.24, 2.45) is 0 Å². The van der Waals surface area contributed by atoms with Crippen LogP contribution in [0.2, 0.25) is 5.02 Å². The first-order valence-electron chi connectivity index (χ1n) is 8.47. The summed E-state index contributed by atoms with van der Waals surface area (Å²) in [6.45, 7) is 2.62. The van der Waals surface area contributed by atoms with E-state index in [-0.39, 0.29) is 17.5 Å². The summed E-state index contributed by atoms with van der Waals surface area (Å²) in [6, 6.07) is 12.5. The Morgan fingerprint density at radius 2 is 1.92 bits per heavy atom. The Balaban J connectivity index is 1.50. The van der Waals surface area contributed by atoms with Crippen molar-refractivity contribution < 1.29 is 4.39 Å². The van der Waals surface area contributed by atoms with E-state index in [0.29, 0.717) is 5.52 Å². The molecule has 0 atom stereocenters. The van der Waals surface area contributed by atoms with Crippen LogP contribution in [0, 0.1) is 5.82 Å². The maximum Gasteiger partial charge on any atom is 0.326 e. The van der Waals surface area contributed by atoms with Gasteiger partial charge < -0.3 is 4.98 Å². The molecule has 0 saturated carbocycles. The highest BCUT2D eigenvalue weighted by Gasteiger charge is 2.24. The summed E-state index contributed by atoms with van der Waals surface area (Å²) in [5, 5.41) is 0.791. The van der Waals surface area contributed by atoms with Crippen LogP contribution in [0.4, 0.5) is 4.39 Å². The number of likely N-dealkylation sites (tertiary alicyclic amines) is 1. The molecule has 1 aliphatic rings. The fraction of sp³-hybridized carbons (Fsp3) is 0.316. The number of imidazole rings is 1. The molecule has 3 aromatic rings. The first-order chi connectivity index (χ1) is 12.1. The van der Waals surface area contributed by atoms with E-state index in [9.17, 15) is 9.18 Å². The Bertz CT molecular complexity index is 957. The van der Waals surface area contributed by atoms with Gasteiger partial charge in [0.25, 0.3) is 0 Å². The molecule has 4 rings (SSSR count). The van der Waals surface area contributed by atoms with Crippen LogP contribution in [-0.4, -0.2) is 27.5 Å². The van der Waals surface area contributed by atoms with E-state index < -0.39 is 0 Å². The Kier molecular flexibility index (Phi) is 4.36. The molecule has 1 fully saturated rings. The fourth-order valence-electron chi connectivity index (χ4n) is 3.67. The lowest BCUT2D eigenvalue weighted by molar-refractivity contribution is 0.180. The van der Waals surface area contributed by atoms with E-state index in [1.807, 2.05) is 24.3 Å². The van der Waals surface area contributed by atoms with Gasteiger partial charge in [0.1, 0.15) is 5.82 Å². The van der Waals surface area contributed by atoms with Gasteiger partial charge in [-0.3, -0.25) is 9.47 Å². The van der Waals surface area contributed by atoms with Crippen molar-refractivity contribution in [2.75, 3.05) is 13.1 Å². The summed E-state index contributed by atoms with van der Waals surface area (Å²) in [5.41, 5.74) is 2.30. The van der Waals surface area contributed by atoms with Gasteiger partial charge in [-0.1, -0.05) is 29.8 Å². The molecule has 1 saturated heterocycles. The molecule has 1 aliphatic heterocycles. The van der Waals surface area contributed by atoms with Crippen molar-refractivity contribution in [3.63, 3.8) is 0 Å². The van der Waals surface area contributed by atoms with Crippen LogP contribution in [0.1, 0.15) is 24.4 Å². The number of nitrogens with zero attached hydrogens (tertiary/aromatic N) is 2. The topological polar surface area (TPSA) is 41.0 Å². The summed E-state index contributed by atoms with van der Waals surface area (Å²) in [5.74, 6) is -0.338. The van der Waals surface area contributed by atoms with Crippen molar-refractivity contribution in [3.8, 4) is 0 Å². The van der Waals surface area contributed by atoms with Gasteiger partial charge in [-0.2, -0.15) is 0 Å². The number of piperidine rings is 1. The first kappa shape index (κ1) is 16.4. The highest BCUT2D eigenvalue weighted by Crippen LogP contribution is 2.27. The van der Waals surface area contributed by atoms with E-state index in [1.165, 1.54) is 12.1 Å². The van der Waals surface area contributed by atoms with E-state index in [2.05, 4.69) is 9.88 Å². The summed E-state index contributed by atoms with van der Waals surface area (Å²) >= 11 is 6.25. The third kappa shape index (κ3) is 3.22. The highest BCUT2D eigenvalue weighted by atomic mass is 35.5. The molecular weight excluding hydrogens is 341 g/mol. The lowest BCUT2D eigenvalue weighted by Crippen LogP contribution is -2.36. The summed E-state index contributed by atoms with van der Waals surface area (Å²) in [4.78, 5) is 17.4. The zero-order valence-corrected chi connectivity index (χ0v) is 14.5. The Morgan fingerprint density at radius 3 is 2.68 bits per heavy atom. The number of halogens is 2. The van der Waals surface area contributed by atoms with Crippen LogP contribution in [0.5, 0.6) is 0 Å². The quantitative estimate of drug-likeness (QED) is 0.769. The Morgan fingerprint density at radius 1 is 1.16 bits per heavy atom. The van der Waals surface area contributed by atoms with Crippen LogP contribution in [0.25, 0.3) is 11.0 Å². The average Bonchev–Trinajstić information content (AvgIpc) is 2.92. The lowest BCUT2D eigenvalue weighted by atomic mass is 10.0. The van der Waals surface area contributed by atoms with Gasteiger partial charge in [0.2, 0.25) is 0 Å². The summed E-state index contributed by atoms with van der Waals surface area (Å²) in [6.07, 6.45) is 1.77. The fourth-order valence-corrected chi connectivity index (χ4v) is 3.86. The van der Waals surface area contributed by atoms with E-state index in [1.54, 1.807) is 10.6 Å². The smallest absolute Gasteiger partial charge is 0.305 e. The van der Waals surface area contributed by atoms with Crippen LogP contribution >= 0.6 is 11.6 Å². The van der Waals surface area contributed by atoms with Crippen molar-refractivity contribution in [3.05, 3.63) is 69.4 Å². The molecule has 6 heteroatoms. The molecule has 2 aromatic carbocycles. The van der Waals surface area contributed by atoms with Gasteiger partial charge in [-0.05, 0) is 42.7 Å². The molecule has 0 radical (unpaired) electrons. The maximum atomic E-state index is 13.4. The second kappa shape index (κ2) is 6.65. The number of rotatable bonds is 3. The second-order valence-corrected chi connectivity index (χ2v) is 6.97. The van der Waals surface area contributed by atoms with E-state index in [0.717, 1.165) is 48.6 Å². The molecule has 1 N–H and O–H groups in total. The molecule has 0 amide bonds. The second-order valence-electron chi connectivity index (χ2n) is 6.56. The number of aromatic nitrogens is 2. The summed E-state index contributed by atoms with van der Waals surface area (Å²) < 4.78 is 15.1. The van der Waals surface area contributed by atoms with Crippen molar-refractivity contribution in [1.29, 1.82) is 0 Å². The molecule has 4 nitrogen and oxygen atoms in total. The SMILES string of the molecule is O=c1[nH]c2cc(F)ccc2n1C1CCN(Cc2ccccc2Cl)CC1. The molecule has 0 spiro atoms. The highest BCUT2D eigenvalue weighted by molar-refractivity contribution is 6.31. The van der Waals surface area contributed by atoms with Gasteiger partial charge in [-0.15, -0.1) is 0 Å². The van der Waals surface area contributed by atoms with Gasteiger partial charge >= 0.3 is 5.69 Å². The van der Waals surface area contributed by atoms with Gasteiger partial charge in [0.05, 0.1) is 11.0 Å². The third-order valence-corrected chi connectivity index (χ3v) is 5.32. The number of H-pyrrole nitrogens is 1. The first-order valence-corrected chi connectivity index (χ1v) is 8.85.